The highest BCUT2D eigenvalue weighted by atomic mass is 16.5. The number of hydrogen-bond donors (Lipinski definition) is 1. The quantitative estimate of drug-likeness (QED) is 0.819. The Morgan fingerprint density at radius 2 is 2.17 bits per heavy atom. The molecule has 1 aliphatic heterocycles. The van der Waals surface area contributed by atoms with Crippen molar-refractivity contribution in [3.8, 4) is 0 Å². The van der Waals surface area contributed by atoms with E-state index in [9.17, 15) is 9.59 Å². The van der Waals surface area contributed by atoms with Gasteiger partial charge in [0.15, 0.2) is 6.04 Å². The van der Waals surface area contributed by atoms with E-state index in [-0.39, 0.29) is 12.5 Å². The van der Waals surface area contributed by atoms with E-state index in [1.54, 1.807) is 17.7 Å². The molecule has 0 radical (unpaired) electrons. The van der Waals surface area contributed by atoms with Crippen LogP contribution in [0.3, 0.4) is 0 Å². The van der Waals surface area contributed by atoms with Gasteiger partial charge in [-0.1, -0.05) is 0 Å². The molecule has 0 aromatic carbocycles. The van der Waals surface area contributed by atoms with Gasteiger partial charge in [0.2, 0.25) is 0 Å². The number of carbonyl (C=O) groups excluding carboxylic acids is 1. The van der Waals surface area contributed by atoms with E-state index in [0.29, 0.717) is 18.8 Å². The van der Waals surface area contributed by atoms with Gasteiger partial charge in [-0.25, -0.2) is 4.79 Å². The first-order valence-corrected chi connectivity index (χ1v) is 5.76. The molecule has 1 aromatic rings. The van der Waals surface area contributed by atoms with E-state index in [0.717, 1.165) is 5.69 Å². The fourth-order valence-electron chi connectivity index (χ4n) is 2.03. The molecule has 0 spiro atoms. The molecule has 1 saturated heterocycles. The Bertz CT molecular complexity index is 480. The lowest BCUT2D eigenvalue weighted by Gasteiger charge is -2.32. The van der Waals surface area contributed by atoms with Crippen molar-refractivity contribution >= 4 is 11.9 Å². The summed E-state index contributed by atoms with van der Waals surface area (Å²) in [5.74, 6) is -1.30. The van der Waals surface area contributed by atoms with Crippen LogP contribution in [0.5, 0.6) is 0 Å². The van der Waals surface area contributed by atoms with Crippen LogP contribution >= 0.6 is 0 Å². The van der Waals surface area contributed by atoms with E-state index in [1.807, 2.05) is 13.0 Å². The summed E-state index contributed by atoms with van der Waals surface area (Å²) in [6.07, 6.45) is 0. The van der Waals surface area contributed by atoms with E-state index < -0.39 is 12.0 Å². The minimum atomic E-state index is -1.03. The Labute approximate surface area is 105 Å². The fraction of sp³-hybridized carbons (Fsp3) is 0.500. The third-order valence-electron chi connectivity index (χ3n) is 3.27. The Kier molecular flexibility index (Phi) is 3.38. The summed E-state index contributed by atoms with van der Waals surface area (Å²) in [4.78, 5) is 24.8. The molecule has 1 N–H and O–H groups in total. The SMILES string of the molecule is Cc1ccc(C(=O)N2CCOCC2C(=O)O)n1C. The monoisotopic (exact) mass is 252 g/mol. The number of aromatic nitrogens is 1. The Morgan fingerprint density at radius 1 is 1.44 bits per heavy atom. The lowest BCUT2D eigenvalue weighted by molar-refractivity contribution is -0.147. The molecule has 1 aromatic heterocycles. The molecule has 1 fully saturated rings. The van der Waals surface area contributed by atoms with E-state index in [2.05, 4.69) is 0 Å². The third kappa shape index (κ3) is 2.11. The molecule has 0 bridgehead atoms. The second-order valence-electron chi connectivity index (χ2n) is 4.35. The molecule has 1 atom stereocenters. The van der Waals surface area contributed by atoms with Crippen LogP contribution in [0.25, 0.3) is 0 Å². The smallest absolute Gasteiger partial charge is 0.328 e. The van der Waals surface area contributed by atoms with Crippen LogP contribution in [-0.2, 0) is 16.6 Å². The molecule has 1 unspecified atom stereocenters. The summed E-state index contributed by atoms with van der Waals surface area (Å²) in [6.45, 7) is 2.62. The number of aryl methyl sites for hydroxylation is 1. The van der Waals surface area contributed by atoms with Crippen molar-refractivity contribution in [3.63, 3.8) is 0 Å². The van der Waals surface area contributed by atoms with Crippen molar-refractivity contribution in [2.75, 3.05) is 19.8 Å². The van der Waals surface area contributed by atoms with Gasteiger partial charge in [0.25, 0.3) is 5.91 Å². The van der Waals surface area contributed by atoms with Gasteiger partial charge < -0.3 is 19.3 Å². The zero-order valence-electron chi connectivity index (χ0n) is 10.4. The zero-order valence-corrected chi connectivity index (χ0v) is 10.4. The van der Waals surface area contributed by atoms with Crippen molar-refractivity contribution < 1.29 is 19.4 Å². The topological polar surface area (TPSA) is 71.8 Å². The molecule has 98 valence electrons. The minimum Gasteiger partial charge on any atom is -0.480 e. The first kappa shape index (κ1) is 12.6. The number of carbonyl (C=O) groups is 2. The van der Waals surface area contributed by atoms with E-state index in [4.69, 9.17) is 9.84 Å². The van der Waals surface area contributed by atoms with Gasteiger partial charge in [0, 0.05) is 19.3 Å². The molecule has 0 aliphatic carbocycles. The van der Waals surface area contributed by atoms with Crippen molar-refractivity contribution in [1.82, 2.24) is 9.47 Å². The maximum absolute atomic E-state index is 12.3. The molecule has 1 amide bonds. The zero-order chi connectivity index (χ0) is 13.3. The summed E-state index contributed by atoms with van der Waals surface area (Å²) in [6, 6.07) is 2.65. The average Bonchev–Trinajstić information content (AvgIpc) is 2.69. The van der Waals surface area contributed by atoms with Crippen LogP contribution in [0.4, 0.5) is 0 Å². The standard InChI is InChI=1S/C12H16N2O4/c1-8-3-4-9(13(8)2)11(15)14-5-6-18-7-10(14)12(16)17/h3-4,10H,5-7H2,1-2H3,(H,16,17). The molecule has 2 rings (SSSR count). The van der Waals surface area contributed by atoms with Gasteiger partial charge in [-0.3, -0.25) is 4.79 Å². The summed E-state index contributed by atoms with van der Waals surface area (Å²) in [5.41, 5.74) is 1.46. The van der Waals surface area contributed by atoms with Crippen LogP contribution in [0.15, 0.2) is 12.1 Å². The third-order valence-corrected chi connectivity index (χ3v) is 3.27. The maximum atomic E-state index is 12.3. The van der Waals surface area contributed by atoms with Crippen LogP contribution in [0.1, 0.15) is 16.2 Å². The van der Waals surface area contributed by atoms with Gasteiger partial charge in [0.1, 0.15) is 5.69 Å². The lowest BCUT2D eigenvalue weighted by Crippen LogP contribution is -2.52. The Hall–Kier alpha value is -1.82. The summed E-state index contributed by atoms with van der Waals surface area (Å²) in [5, 5.41) is 9.10. The normalized spacial score (nSPS) is 19.9. The molecule has 6 nitrogen and oxygen atoms in total. The predicted molar refractivity (Wildman–Crippen MR) is 63.4 cm³/mol. The molecular weight excluding hydrogens is 236 g/mol. The number of carboxylic acids is 1. The Morgan fingerprint density at radius 3 is 2.72 bits per heavy atom. The maximum Gasteiger partial charge on any atom is 0.328 e. The van der Waals surface area contributed by atoms with Gasteiger partial charge in [-0.2, -0.15) is 0 Å². The van der Waals surface area contributed by atoms with E-state index >= 15 is 0 Å². The number of aliphatic carboxylic acids is 1. The van der Waals surface area contributed by atoms with Crippen LogP contribution in [0.2, 0.25) is 0 Å². The highest BCUT2D eigenvalue weighted by Crippen LogP contribution is 2.14. The van der Waals surface area contributed by atoms with Crippen molar-refractivity contribution in [1.29, 1.82) is 0 Å². The number of amides is 1. The number of rotatable bonds is 2. The first-order chi connectivity index (χ1) is 8.52. The first-order valence-electron chi connectivity index (χ1n) is 5.76. The highest BCUT2D eigenvalue weighted by Gasteiger charge is 2.34. The van der Waals surface area contributed by atoms with Gasteiger partial charge in [-0.15, -0.1) is 0 Å². The van der Waals surface area contributed by atoms with Gasteiger partial charge in [0.05, 0.1) is 13.2 Å². The second-order valence-corrected chi connectivity index (χ2v) is 4.35. The van der Waals surface area contributed by atoms with Crippen LogP contribution < -0.4 is 0 Å². The number of nitrogens with zero attached hydrogens (tertiary/aromatic N) is 2. The lowest BCUT2D eigenvalue weighted by atomic mass is 10.2. The minimum absolute atomic E-state index is 0.0461. The molecule has 0 saturated carbocycles. The molecular formula is C12H16N2O4. The largest absolute Gasteiger partial charge is 0.480 e. The number of carboxylic acid groups (broad SMARTS) is 1. The number of morpholine rings is 1. The second kappa shape index (κ2) is 4.81. The summed E-state index contributed by atoms with van der Waals surface area (Å²) in [7, 11) is 1.79. The molecule has 18 heavy (non-hydrogen) atoms. The predicted octanol–water partition coefficient (Wildman–Crippen LogP) is 0.259. The van der Waals surface area contributed by atoms with E-state index in [1.165, 1.54) is 4.90 Å². The highest BCUT2D eigenvalue weighted by molar-refractivity contribution is 5.95. The molecule has 2 heterocycles. The van der Waals surface area contributed by atoms with Crippen molar-refractivity contribution in [3.05, 3.63) is 23.5 Å². The van der Waals surface area contributed by atoms with Gasteiger partial charge in [-0.05, 0) is 19.1 Å². The van der Waals surface area contributed by atoms with Gasteiger partial charge >= 0.3 is 5.97 Å². The summed E-state index contributed by atoms with van der Waals surface area (Å²) < 4.78 is 6.87. The Balaban J connectivity index is 2.26. The summed E-state index contributed by atoms with van der Waals surface area (Å²) >= 11 is 0. The van der Waals surface area contributed by atoms with Crippen molar-refractivity contribution in [2.24, 2.45) is 7.05 Å². The van der Waals surface area contributed by atoms with Crippen LogP contribution in [-0.4, -0.2) is 52.3 Å². The fourth-order valence-corrected chi connectivity index (χ4v) is 2.03. The number of ether oxygens (including phenoxy) is 1. The van der Waals surface area contributed by atoms with Crippen LogP contribution in [0, 0.1) is 6.92 Å². The average molecular weight is 252 g/mol. The van der Waals surface area contributed by atoms with Crippen molar-refractivity contribution in [2.45, 2.75) is 13.0 Å². The number of hydrogen-bond acceptors (Lipinski definition) is 3. The molecule has 1 aliphatic rings. The molecule has 6 heteroatoms.